The molecule has 8 nitrogen and oxygen atoms in total. The molecule has 1 aliphatic rings. The smallest absolute Gasteiger partial charge is 0.274 e. The number of carbonyl (C=O) groups is 2. The number of nitrogens with one attached hydrogen (secondary N) is 3. The Morgan fingerprint density at radius 3 is 2.43 bits per heavy atom. The Balaban J connectivity index is 1.28. The van der Waals surface area contributed by atoms with Gasteiger partial charge in [-0.25, -0.2) is 0 Å². The molecule has 37 heavy (non-hydrogen) atoms. The summed E-state index contributed by atoms with van der Waals surface area (Å²) in [5.41, 5.74) is 11.0. The van der Waals surface area contributed by atoms with Crippen molar-refractivity contribution in [2.24, 2.45) is 5.92 Å². The highest BCUT2D eigenvalue weighted by Gasteiger charge is 2.29. The number of nitrogens with zero attached hydrogens (tertiary/aromatic N) is 2. The Morgan fingerprint density at radius 2 is 1.70 bits per heavy atom. The van der Waals surface area contributed by atoms with Gasteiger partial charge in [-0.05, 0) is 54.3 Å². The van der Waals surface area contributed by atoms with Gasteiger partial charge in [0.1, 0.15) is 5.71 Å². The van der Waals surface area contributed by atoms with Crippen LogP contribution >= 0.6 is 0 Å². The van der Waals surface area contributed by atoms with E-state index < -0.39 is 5.91 Å². The number of nitrogen functional groups attached to an aromatic ring is 1. The van der Waals surface area contributed by atoms with Crippen molar-refractivity contribution in [3.8, 4) is 11.1 Å². The lowest BCUT2D eigenvalue weighted by Gasteiger charge is -2.12. The Labute approximate surface area is 214 Å². The minimum Gasteiger partial charge on any atom is -0.398 e. The zero-order valence-electron chi connectivity index (χ0n) is 20.1. The summed E-state index contributed by atoms with van der Waals surface area (Å²) in [6.45, 7) is 0. The Bertz CT molecular complexity index is 1460. The van der Waals surface area contributed by atoms with Crippen LogP contribution in [0.4, 0.5) is 17.1 Å². The number of amides is 2. The maximum atomic E-state index is 12.9. The van der Waals surface area contributed by atoms with Crippen LogP contribution in [0.2, 0.25) is 0 Å². The van der Waals surface area contributed by atoms with Crippen molar-refractivity contribution >= 4 is 34.6 Å². The third-order valence-electron chi connectivity index (χ3n) is 6.15. The van der Waals surface area contributed by atoms with Crippen LogP contribution in [0.3, 0.4) is 0 Å². The Morgan fingerprint density at radius 1 is 0.892 bits per heavy atom. The molecule has 0 unspecified atom stereocenters. The molecule has 2 aromatic heterocycles. The van der Waals surface area contributed by atoms with Gasteiger partial charge >= 0.3 is 0 Å². The topological polar surface area (TPSA) is 134 Å². The van der Waals surface area contributed by atoms with Gasteiger partial charge < -0.3 is 16.4 Å². The molecule has 0 aliphatic heterocycles. The van der Waals surface area contributed by atoms with Crippen LogP contribution in [0, 0.1) is 11.3 Å². The first-order valence-corrected chi connectivity index (χ1v) is 12.0. The molecule has 5 N–H and O–H groups in total. The first-order chi connectivity index (χ1) is 18.0. The van der Waals surface area contributed by atoms with Crippen molar-refractivity contribution in [2.45, 2.75) is 19.3 Å². The van der Waals surface area contributed by atoms with Crippen LogP contribution in [0.15, 0.2) is 85.3 Å². The SMILES string of the molecule is N=C(C(=O)Nc1ccc(Cc2ccccc2)nc1)c1cc(-c2cncc(NC(=O)C3CC3)c2)ccc1N. The van der Waals surface area contributed by atoms with E-state index in [-0.39, 0.29) is 17.5 Å². The lowest BCUT2D eigenvalue weighted by molar-refractivity contribution is -0.117. The molecule has 5 rings (SSSR count). The highest BCUT2D eigenvalue weighted by Crippen LogP contribution is 2.31. The summed E-state index contributed by atoms with van der Waals surface area (Å²) in [5.74, 6) is -0.510. The predicted molar refractivity (Wildman–Crippen MR) is 144 cm³/mol. The number of rotatable bonds is 8. The second-order valence-electron chi connectivity index (χ2n) is 9.06. The van der Waals surface area contributed by atoms with Crippen molar-refractivity contribution < 1.29 is 9.59 Å². The molecule has 0 spiro atoms. The number of hydrogen-bond acceptors (Lipinski definition) is 6. The van der Waals surface area contributed by atoms with E-state index in [1.807, 2.05) is 42.5 Å². The molecule has 8 heteroatoms. The van der Waals surface area contributed by atoms with Gasteiger partial charge in [0.05, 0.1) is 23.8 Å². The molecule has 0 atom stereocenters. The van der Waals surface area contributed by atoms with Crippen LogP contribution < -0.4 is 16.4 Å². The van der Waals surface area contributed by atoms with Crippen LogP contribution in [0.25, 0.3) is 11.1 Å². The van der Waals surface area contributed by atoms with Crippen LogP contribution in [0.5, 0.6) is 0 Å². The van der Waals surface area contributed by atoms with Crippen molar-refractivity contribution in [1.29, 1.82) is 5.41 Å². The molecule has 4 aromatic rings. The summed E-state index contributed by atoms with van der Waals surface area (Å²) >= 11 is 0. The molecule has 1 aliphatic carbocycles. The number of aromatic nitrogens is 2. The number of carbonyl (C=O) groups excluding carboxylic acids is 2. The molecule has 2 aromatic carbocycles. The summed E-state index contributed by atoms with van der Waals surface area (Å²) in [4.78, 5) is 33.6. The van der Waals surface area contributed by atoms with Crippen LogP contribution in [0.1, 0.15) is 29.7 Å². The minimum atomic E-state index is -0.593. The van der Waals surface area contributed by atoms with E-state index in [0.717, 1.165) is 35.2 Å². The van der Waals surface area contributed by atoms with E-state index in [1.54, 1.807) is 42.9 Å². The molecule has 0 bridgehead atoms. The molecule has 1 fully saturated rings. The molecule has 0 radical (unpaired) electrons. The van der Waals surface area contributed by atoms with E-state index in [4.69, 9.17) is 11.1 Å². The normalized spacial score (nSPS) is 12.5. The second-order valence-corrected chi connectivity index (χ2v) is 9.06. The summed E-state index contributed by atoms with van der Waals surface area (Å²) < 4.78 is 0. The van der Waals surface area contributed by atoms with E-state index in [2.05, 4.69) is 20.6 Å². The van der Waals surface area contributed by atoms with Gasteiger partial charge in [-0.3, -0.25) is 25.0 Å². The van der Waals surface area contributed by atoms with Crippen LogP contribution in [-0.4, -0.2) is 27.5 Å². The Kier molecular flexibility index (Phi) is 6.72. The van der Waals surface area contributed by atoms with Gasteiger partial charge in [-0.2, -0.15) is 0 Å². The van der Waals surface area contributed by atoms with E-state index >= 15 is 0 Å². The van der Waals surface area contributed by atoms with Gasteiger partial charge in [0.2, 0.25) is 5.91 Å². The number of anilines is 3. The molecular weight excluding hydrogens is 464 g/mol. The molecular formula is C29H26N6O2. The number of benzene rings is 2. The summed E-state index contributed by atoms with van der Waals surface area (Å²) in [6, 6.07) is 20.6. The van der Waals surface area contributed by atoms with E-state index in [1.165, 1.54) is 0 Å². The van der Waals surface area contributed by atoms with Crippen molar-refractivity contribution in [2.75, 3.05) is 16.4 Å². The number of pyridine rings is 2. The number of hydrogen-bond donors (Lipinski definition) is 4. The second kappa shape index (κ2) is 10.4. The Hall–Kier alpha value is -4.85. The highest BCUT2D eigenvalue weighted by atomic mass is 16.2. The zero-order valence-corrected chi connectivity index (χ0v) is 20.1. The van der Waals surface area contributed by atoms with Gasteiger partial charge in [-0.15, -0.1) is 0 Å². The van der Waals surface area contributed by atoms with Gasteiger partial charge in [0.25, 0.3) is 5.91 Å². The fraction of sp³-hybridized carbons (Fsp3) is 0.138. The number of nitrogens with two attached hydrogens (primary N) is 1. The lowest BCUT2D eigenvalue weighted by atomic mass is 10.00. The summed E-state index contributed by atoms with van der Waals surface area (Å²) in [6.07, 6.45) is 7.35. The fourth-order valence-electron chi connectivity index (χ4n) is 3.93. The first-order valence-electron chi connectivity index (χ1n) is 12.0. The maximum Gasteiger partial charge on any atom is 0.274 e. The largest absolute Gasteiger partial charge is 0.398 e. The highest BCUT2D eigenvalue weighted by molar-refractivity contribution is 6.48. The van der Waals surface area contributed by atoms with Crippen molar-refractivity contribution in [1.82, 2.24) is 9.97 Å². The zero-order chi connectivity index (χ0) is 25.8. The molecule has 0 saturated heterocycles. The average Bonchev–Trinajstić information content (AvgIpc) is 3.76. The minimum absolute atomic E-state index is 0.00187. The third-order valence-corrected chi connectivity index (χ3v) is 6.15. The standard InChI is InChI=1S/C29H26N6O2/c30-26-11-8-20(21-13-24(16-32-15-21)35-28(36)19-6-7-19)14-25(26)27(31)29(37)34-23-10-9-22(33-17-23)12-18-4-2-1-3-5-18/h1-5,8-11,13-17,19,31H,6-7,12,30H2,(H,34,37)(H,35,36). The quantitative estimate of drug-likeness (QED) is 0.210. The molecule has 2 amide bonds. The monoisotopic (exact) mass is 490 g/mol. The molecule has 1 saturated carbocycles. The average molecular weight is 491 g/mol. The molecule has 184 valence electrons. The van der Waals surface area contributed by atoms with Crippen molar-refractivity contribution in [3.63, 3.8) is 0 Å². The fourth-order valence-corrected chi connectivity index (χ4v) is 3.93. The summed E-state index contributed by atoms with van der Waals surface area (Å²) in [7, 11) is 0. The van der Waals surface area contributed by atoms with Gasteiger partial charge in [-0.1, -0.05) is 36.4 Å². The first kappa shape index (κ1) is 23.9. The van der Waals surface area contributed by atoms with Crippen molar-refractivity contribution in [3.05, 3.63) is 102 Å². The van der Waals surface area contributed by atoms with Gasteiger partial charge in [0, 0.05) is 41.0 Å². The van der Waals surface area contributed by atoms with E-state index in [0.29, 0.717) is 29.0 Å². The third kappa shape index (κ3) is 5.87. The van der Waals surface area contributed by atoms with Gasteiger partial charge in [0.15, 0.2) is 0 Å². The van der Waals surface area contributed by atoms with Crippen LogP contribution in [-0.2, 0) is 16.0 Å². The predicted octanol–water partition coefficient (Wildman–Crippen LogP) is 4.67. The lowest BCUT2D eigenvalue weighted by Crippen LogP contribution is -2.24. The summed E-state index contributed by atoms with van der Waals surface area (Å²) in [5, 5.41) is 14.1. The van der Waals surface area contributed by atoms with E-state index in [9.17, 15) is 9.59 Å². The molecule has 2 heterocycles. The maximum absolute atomic E-state index is 12.9.